The van der Waals surface area contributed by atoms with Crippen molar-refractivity contribution in [2.75, 3.05) is 38.1 Å². The van der Waals surface area contributed by atoms with Gasteiger partial charge in [-0.2, -0.15) is 0 Å². The number of primary amides is 1. The normalized spacial score (nSPS) is 14.6. The standard InChI is InChI=1S/C25H34N6O2/c1-16(32)28-10-4-3-5-13-31(2)25-22-19-7-6-18(17-8-11-27-12-9-17)14-21(19)30-23(22)20(15-29-25)24(26)33/h6-7,14-15,17,27,30H,3-5,8-13H2,1-2H3,(H2,26,33)(H,28,32). The quantitative estimate of drug-likeness (QED) is 0.374. The first kappa shape index (κ1) is 23.0. The third kappa shape index (κ3) is 5.11. The number of carbonyl (C=O) groups excluding carboxylic acids is 2. The minimum absolute atomic E-state index is 0.0101. The fraction of sp³-hybridized carbons (Fsp3) is 0.480. The third-order valence-corrected chi connectivity index (χ3v) is 6.61. The Balaban J connectivity index is 1.61. The summed E-state index contributed by atoms with van der Waals surface area (Å²) in [6.45, 7) is 5.17. The summed E-state index contributed by atoms with van der Waals surface area (Å²) in [7, 11) is 2.03. The molecule has 176 valence electrons. The second-order valence-corrected chi connectivity index (χ2v) is 9.03. The maximum absolute atomic E-state index is 12.1. The van der Waals surface area contributed by atoms with Gasteiger partial charge in [0.2, 0.25) is 5.91 Å². The molecule has 33 heavy (non-hydrogen) atoms. The summed E-state index contributed by atoms with van der Waals surface area (Å²) >= 11 is 0. The number of benzene rings is 1. The van der Waals surface area contributed by atoms with E-state index in [1.165, 1.54) is 12.5 Å². The Bertz CT molecular complexity index is 1150. The average molecular weight is 451 g/mol. The van der Waals surface area contributed by atoms with Crippen molar-refractivity contribution in [2.45, 2.75) is 44.9 Å². The number of rotatable bonds is 9. The smallest absolute Gasteiger partial charge is 0.252 e. The van der Waals surface area contributed by atoms with Crippen LogP contribution in [-0.4, -0.2) is 55.0 Å². The van der Waals surface area contributed by atoms with E-state index in [9.17, 15) is 9.59 Å². The molecular weight excluding hydrogens is 416 g/mol. The van der Waals surface area contributed by atoms with Gasteiger partial charge < -0.3 is 26.3 Å². The Morgan fingerprint density at radius 2 is 2.00 bits per heavy atom. The van der Waals surface area contributed by atoms with Crippen LogP contribution in [0.15, 0.2) is 24.4 Å². The van der Waals surface area contributed by atoms with E-state index >= 15 is 0 Å². The number of unbranched alkanes of at least 4 members (excludes halogenated alkanes) is 2. The zero-order valence-corrected chi connectivity index (χ0v) is 19.5. The predicted octanol–water partition coefficient (Wildman–Crippen LogP) is 3.02. The van der Waals surface area contributed by atoms with Gasteiger partial charge in [0.1, 0.15) is 5.82 Å². The molecule has 0 radical (unpaired) electrons. The highest BCUT2D eigenvalue weighted by Gasteiger charge is 2.21. The molecule has 3 heterocycles. The van der Waals surface area contributed by atoms with Crippen molar-refractivity contribution in [3.05, 3.63) is 35.5 Å². The number of nitrogens with one attached hydrogen (secondary N) is 3. The molecule has 8 heteroatoms. The van der Waals surface area contributed by atoms with Gasteiger partial charge in [-0.1, -0.05) is 12.1 Å². The van der Waals surface area contributed by atoms with Crippen LogP contribution < -0.4 is 21.3 Å². The van der Waals surface area contributed by atoms with Crippen molar-refractivity contribution < 1.29 is 9.59 Å². The van der Waals surface area contributed by atoms with Gasteiger partial charge in [-0.05, 0) is 62.7 Å². The molecule has 1 aliphatic heterocycles. The largest absolute Gasteiger partial charge is 0.365 e. The average Bonchev–Trinajstić information content (AvgIpc) is 3.19. The summed E-state index contributed by atoms with van der Waals surface area (Å²) in [5.41, 5.74) is 9.19. The lowest BCUT2D eigenvalue weighted by molar-refractivity contribution is -0.118. The number of fused-ring (bicyclic) bond motifs is 3. The molecule has 0 spiro atoms. The summed E-state index contributed by atoms with van der Waals surface area (Å²) < 4.78 is 0. The molecular formula is C25H34N6O2. The third-order valence-electron chi connectivity index (χ3n) is 6.61. The number of H-pyrrole nitrogens is 1. The number of nitrogens with zero attached hydrogens (tertiary/aromatic N) is 2. The molecule has 0 bridgehead atoms. The molecule has 4 rings (SSSR count). The SMILES string of the molecule is CC(=O)NCCCCCN(C)c1ncc(C(N)=O)c2[nH]c3cc(C4CCNCC4)ccc3c12. The number of hydrogen-bond acceptors (Lipinski definition) is 5. The predicted molar refractivity (Wildman–Crippen MR) is 133 cm³/mol. The first-order valence-electron chi connectivity index (χ1n) is 11.9. The van der Waals surface area contributed by atoms with Crippen LogP contribution in [0, 0.1) is 0 Å². The minimum atomic E-state index is -0.482. The summed E-state index contributed by atoms with van der Waals surface area (Å²) in [6, 6.07) is 6.60. The minimum Gasteiger partial charge on any atom is -0.365 e. The molecule has 2 aromatic heterocycles. The van der Waals surface area contributed by atoms with Gasteiger partial charge in [-0.25, -0.2) is 4.98 Å². The summed E-state index contributed by atoms with van der Waals surface area (Å²) in [4.78, 5) is 33.4. The van der Waals surface area contributed by atoms with Crippen molar-refractivity contribution in [2.24, 2.45) is 5.73 Å². The van der Waals surface area contributed by atoms with E-state index in [0.29, 0.717) is 18.0 Å². The van der Waals surface area contributed by atoms with Gasteiger partial charge in [0, 0.05) is 44.2 Å². The zero-order chi connectivity index (χ0) is 23.4. The van der Waals surface area contributed by atoms with E-state index in [1.807, 2.05) is 7.05 Å². The molecule has 0 atom stereocenters. The molecule has 0 unspecified atom stereocenters. The van der Waals surface area contributed by atoms with Crippen LogP contribution in [0.2, 0.25) is 0 Å². The fourth-order valence-electron chi connectivity index (χ4n) is 4.81. The lowest BCUT2D eigenvalue weighted by atomic mass is 9.90. The Morgan fingerprint density at radius 3 is 2.73 bits per heavy atom. The second-order valence-electron chi connectivity index (χ2n) is 9.03. The van der Waals surface area contributed by atoms with Crippen molar-refractivity contribution in [3.63, 3.8) is 0 Å². The number of anilines is 1. The number of amides is 2. The molecule has 5 N–H and O–H groups in total. The van der Waals surface area contributed by atoms with Crippen LogP contribution in [0.25, 0.3) is 21.8 Å². The first-order chi connectivity index (χ1) is 16.0. The number of aromatic nitrogens is 2. The van der Waals surface area contributed by atoms with Gasteiger partial charge in [-0.15, -0.1) is 0 Å². The Hall–Kier alpha value is -3.13. The number of carbonyl (C=O) groups is 2. The number of piperidine rings is 1. The molecule has 1 aromatic carbocycles. The number of nitrogens with two attached hydrogens (primary N) is 1. The Morgan fingerprint density at radius 1 is 1.21 bits per heavy atom. The molecule has 8 nitrogen and oxygen atoms in total. The zero-order valence-electron chi connectivity index (χ0n) is 19.5. The van der Waals surface area contributed by atoms with Crippen molar-refractivity contribution >= 4 is 39.4 Å². The van der Waals surface area contributed by atoms with Crippen molar-refractivity contribution in [3.8, 4) is 0 Å². The summed E-state index contributed by atoms with van der Waals surface area (Å²) in [5, 5.41) is 8.26. The Kier molecular flexibility index (Phi) is 7.13. The fourth-order valence-corrected chi connectivity index (χ4v) is 4.81. The number of pyridine rings is 1. The van der Waals surface area contributed by atoms with Crippen LogP contribution >= 0.6 is 0 Å². The molecule has 1 aliphatic rings. The van der Waals surface area contributed by atoms with Crippen LogP contribution in [-0.2, 0) is 4.79 Å². The van der Waals surface area contributed by atoms with E-state index in [2.05, 4.69) is 43.7 Å². The van der Waals surface area contributed by atoms with Crippen molar-refractivity contribution in [1.29, 1.82) is 0 Å². The maximum atomic E-state index is 12.1. The molecule has 2 amide bonds. The van der Waals surface area contributed by atoms with E-state index in [0.717, 1.165) is 79.4 Å². The van der Waals surface area contributed by atoms with Gasteiger partial charge in [-0.3, -0.25) is 9.59 Å². The topological polar surface area (TPSA) is 116 Å². The second kappa shape index (κ2) is 10.2. The molecule has 0 saturated carbocycles. The lowest BCUT2D eigenvalue weighted by Gasteiger charge is -2.23. The van der Waals surface area contributed by atoms with Crippen LogP contribution in [0.4, 0.5) is 5.82 Å². The first-order valence-corrected chi connectivity index (χ1v) is 11.9. The summed E-state index contributed by atoms with van der Waals surface area (Å²) in [5.74, 6) is 0.925. The lowest BCUT2D eigenvalue weighted by Crippen LogP contribution is -2.26. The molecule has 0 aliphatic carbocycles. The van der Waals surface area contributed by atoms with E-state index in [-0.39, 0.29) is 5.91 Å². The van der Waals surface area contributed by atoms with Gasteiger partial charge >= 0.3 is 0 Å². The van der Waals surface area contributed by atoms with E-state index in [1.54, 1.807) is 6.20 Å². The number of hydrogen-bond donors (Lipinski definition) is 4. The van der Waals surface area contributed by atoms with Gasteiger partial charge in [0.25, 0.3) is 5.91 Å². The maximum Gasteiger partial charge on any atom is 0.252 e. The molecule has 1 fully saturated rings. The number of aromatic amines is 1. The van der Waals surface area contributed by atoms with Crippen LogP contribution in [0.5, 0.6) is 0 Å². The van der Waals surface area contributed by atoms with Crippen molar-refractivity contribution in [1.82, 2.24) is 20.6 Å². The monoisotopic (exact) mass is 450 g/mol. The highest BCUT2D eigenvalue weighted by molar-refractivity contribution is 6.18. The summed E-state index contributed by atoms with van der Waals surface area (Å²) in [6.07, 6.45) is 6.80. The van der Waals surface area contributed by atoms with E-state index in [4.69, 9.17) is 5.73 Å². The molecule has 1 saturated heterocycles. The van der Waals surface area contributed by atoms with Gasteiger partial charge in [0.15, 0.2) is 0 Å². The van der Waals surface area contributed by atoms with E-state index < -0.39 is 5.91 Å². The highest BCUT2D eigenvalue weighted by Crippen LogP contribution is 2.36. The Labute approximate surface area is 194 Å². The van der Waals surface area contributed by atoms with Gasteiger partial charge in [0.05, 0.1) is 16.5 Å². The molecule has 3 aromatic rings. The van der Waals surface area contributed by atoms with Crippen LogP contribution in [0.1, 0.15) is 60.9 Å². The highest BCUT2D eigenvalue weighted by atomic mass is 16.1. The van der Waals surface area contributed by atoms with Crippen LogP contribution in [0.3, 0.4) is 0 Å².